The summed E-state index contributed by atoms with van der Waals surface area (Å²) in [6, 6.07) is -0.0550. The number of urea groups is 1. The van der Waals surface area contributed by atoms with Crippen LogP contribution in [-0.2, 0) is 4.79 Å². The van der Waals surface area contributed by atoms with Gasteiger partial charge in [0.2, 0.25) is 0 Å². The molecule has 1 rings (SSSR count). The minimum atomic E-state index is -0.871. The van der Waals surface area contributed by atoms with Crippen molar-refractivity contribution in [3.63, 3.8) is 0 Å². The van der Waals surface area contributed by atoms with E-state index in [1.54, 1.807) is 11.9 Å². The first-order chi connectivity index (χ1) is 7.00. The molecule has 0 aromatic heterocycles. The molecule has 0 aromatic rings. The number of hydrogen-bond donors (Lipinski definition) is 1. The lowest BCUT2D eigenvalue weighted by atomic mass is 10.2. The van der Waals surface area contributed by atoms with Crippen LogP contribution in [0.15, 0.2) is 0 Å². The van der Waals surface area contributed by atoms with E-state index < -0.39 is 5.97 Å². The summed E-state index contributed by atoms with van der Waals surface area (Å²) in [5.74, 6) is -0.314. The van der Waals surface area contributed by atoms with Crippen molar-refractivity contribution in [3.05, 3.63) is 0 Å². The highest BCUT2D eigenvalue weighted by atomic mass is 16.4. The Morgan fingerprint density at radius 2 is 2.20 bits per heavy atom. The predicted octanol–water partition coefficient (Wildman–Crippen LogP) is 0.855. The molecule has 1 atom stereocenters. The van der Waals surface area contributed by atoms with E-state index >= 15 is 0 Å². The van der Waals surface area contributed by atoms with Crippen molar-refractivity contribution in [1.29, 1.82) is 0 Å². The molecule has 0 spiro atoms. The number of carbonyl (C=O) groups excluding carboxylic acids is 1. The van der Waals surface area contributed by atoms with Gasteiger partial charge in [-0.05, 0) is 12.3 Å². The lowest BCUT2D eigenvalue weighted by Gasteiger charge is -2.23. The number of rotatable bonds is 3. The van der Waals surface area contributed by atoms with Crippen molar-refractivity contribution in [2.75, 3.05) is 26.7 Å². The van der Waals surface area contributed by atoms with Crippen LogP contribution in [0.2, 0.25) is 0 Å². The largest absolute Gasteiger partial charge is 0.481 e. The molecule has 0 bridgehead atoms. The predicted molar refractivity (Wildman–Crippen MR) is 55.6 cm³/mol. The van der Waals surface area contributed by atoms with Gasteiger partial charge in [0.25, 0.3) is 0 Å². The van der Waals surface area contributed by atoms with Crippen LogP contribution in [-0.4, -0.2) is 53.6 Å². The van der Waals surface area contributed by atoms with Gasteiger partial charge in [-0.15, -0.1) is 0 Å². The Kier molecular flexibility index (Phi) is 3.94. The zero-order valence-corrected chi connectivity index (χ0v) is 9.27. The molecule has 1 aliphatic rings. The third-order valence-corrected chi connectivity index (χ3v) is 2.68. The molecule has 1 saturated heterocycles. The molecule has 1 unspecified atom stereocenters. The Morgan fingerprint density at radius 3 is 2.67 bits per heavy atom. The Labute approximate surface area is 89.7 Å². The maximum atomic E-state index is 11.8. The molecule has 1 fully saturated rings. The molecular weight excluding hydrogens is 196 g/mol. The Bertz CT molecular complexity index is 255. The van der Waals surface area contributed by atoms with Gasteiger partial charge < -0.3 is 14.9 Å². The fraction of sp³-hybridized carbons (Fsp3) is 0.800. The van der Waals surface area contributed by atoms with Crippen LogP contribution >= 0.6 is 0 Å². The molecule has 5 heteroatoms. The highest BCUT2D eigenvalue weighted by Crippen LogP contribution is 2.16. The van der Waals surface area contributed by atoms with Crippen molar-refractivity contribution >= 4 is 12.0 Å². The summed E-state index contributed by atoms with van der Waals surface area (Å²) in [4.78, 5) is 25.4. The van der Waals surface area contributed by atoms with Crippen molar-refractivity contribution in [2.24, 2.45) is 5.92 Å². The minimum Gasteiger partial charge on any atom is -0.481 e. The fourth-order valence-corrected chi connectivity index (χ4v) is 1.71. The first-order valence-electron chi connectivity index (χ1n) is 5.22. The maximum absolute atomic E-state index is 11.8. The summed E-state index contributed by atoms with van der Waals surface area (Å²) in [5.41, 5.74) is 0. The first-order valence-corrected chi connectivity index (χ1v) is 5.22. The van der Waals surface area contributed by atoms with E-state index in [9.17, 15) is 9.59 Å². The highest BCUT2D eigenvalue weighted by molar-refractivity contribution is 5.75. The van der Waals surface area contributed by atoms with E-state index in [4.69, 9.17) is 5.11 Å². The summed E-state index contributed by atoms with van der Waals surface area (Å²) < 4.78 is 0. The summed E-state index contributed by atoms with van der Waals surface area (Å²) in [5, 5.41) is 8.50. The third-order valence-electron chi connectivity index (χ3n) is 2.68. The van der Waals surface area contributed by atoms with Gasteiger partial charge in [0.1, 0.15) is 0 Å². The van der Waals surface area contributed by atoms with Gasteiger partial charge in [-0.25, -0.2) is 4.79 Å². The van der Waals surface area contributed by atoms with E-state index in [-0.39, 0.29) is 19.0 Å². The van der Waals surface area contributed by atoms with Gasteiger partial charge >= 0.3 is 12.0 Å². The van der Waals surface area contributed by atoms with Gasteiger partial charge in [-0.2, -0.15) is 0 Å². The average Bonchev–Trinajstić information content (AvgIpc) is 2.60. The Balaban J connectivity index is 2.35. The molecular formula is C10H18N2O3. The highest BCUT2D eigenvalue weighted by Gasteiger charge is 2.25. The van der Waals surface area contributed by atoms with Crippen LogP contribution < -0.4 is 0 Å². The van der Waals surface area contributed by atoms with E-state index in [2.05, 4.69) is 6.92 Å². The number of aliphatic carboxylic acids is 1. The van der Waals surface area contributed by atoms with Crippen molar-refractivity contribution < 1.29 is 14.7 Å². The molecule has 0 radical (unpaired) electrons. The number of likely N-dealkylation sites (tertiary alicyclic amines) is 1. The molecule has 86 valence electrons. The topological polar surface area (TPSA) is 60.9 Å². The summed E-state index contributed by atoms with van der Waals surface area (Å²) in [6.45, 7) is 3.97. The average molecular weight is 214 g/mol. The van der Waals surface area contributed by atoms with Crippen LogP contribution in [0.3, 0.4) is 0 Å². The SMILES string of the molecule is CC1CCN(C(=O)N(C)CCC(=O)O)C1. The molecule has 0 aromatic carbocycles. The second kappa shape index (κ2) is 5.00. The summed E-state index contributed by atoms with van der Waals surface area (Å²) in [6.07, 6.45) is 1.05. The van der Waals surface area contributed by atoms with Crippen molar-refractivity contribution in [1.82, 2.24) is 9.80 Å². The summed E-state index contributed by atoms with van der Waals surface area (Å²) in [7, 11) is 1.65. The Morgan fingerprint density at radius 1 is 1.53 bits per heavy atom. The number of hydrogen-bond acceptors (Lipinski definition) is 2. The van der Waals surface area contributed by atoms with Gasteiger partial charge in [-0.1, -0.05) is 6.92 Å². The number of nitrogens with zero attached hydrogens (tertiary/aromatic N) is 2. The minimum absolute atomic E-state index is 0.00559. The van der Waals surface area contributed by atoms with Crippen LogP contribution in [0, 0.1) is 5.92 Å². The second-order valence-electron chi connectivity index (χ2n) is 4.19. The second-order valence-corrected chi connectivity index (χ2v) is 4.19. The monoisotopic (exact) mass is 214 g/mol. The van der Waals surface area contributed by atoms with Crippen LogP contribution in [0.4, 0.5) is 4.79 Å². The van der Waals surface area contributed by atoms with Crippen molar-refractivity contribution in [2.45, 2.75) is 19.8 Å². The quantitative estimate of drug-likeness (QED) is 0.757. The van der Waals surface area contributed by atoms with Crippen molar-refractivity contribution in [3.8, 4) is 0 Å². The lowest BCUT2D eigenvalue weighted by molar-refractivity contribution is -0.137. The summed E-state index contributed by atoms with van der Waals surface area (Å²) >= 11 is 0. The smallest absolute Gasteiger partial charge is 0.319 e. The van der Waals surface area contributed by atoms with Crippen LogP contribution in [0.5, 0.6) is 0 Å². The standard InChI is InChI=1S/C10H18N2O3/c1-8-3-6-12(7-8)10(15)11(2)5-4-9(13)14/h8H,3-7H2,1-2H3,(H,13,14). The molecule has 15 heavy (non-hydrogen) atoms. The molecule has 2 amide bonds. The normalized spacial score (nSPS) is 20.4. The molecule has 5 nitrogen and oxygen atoms in total. The number of amides is 2. The first kappa shape index (κ1) is 11.8. The maximum Gasteiger partial charge on any atom is 0.319 e. The molecule has 1 aliphatic heterocycles. The molecule has 0 aliphatic carbocycles. The van der Waals surface area contributed by atoms with Gasteiger partial charge in [0, 0.05) is 26.7 Å². The number of carbonyl (C=O) groups is 2. The van der Waals surface area contributed by atoms with E-state index in [0.717, 1.165) is 19.5 Å². The third kappa shape index (κ3) is 3.42. The zero-order valence-electron chi connectivity index (χ0n) is 9.27. The van der Waals surface area contributed by atoms with E-state index in [0.29, 0.717) is 5.92 Å². The van der Waals surface area contributed by atoms with Gasteiger partial charge in [0.05, 0.1) is 6.42 Å². The number of carboxylic acids is 1. The van der Waals surface area contributed by atoms with E-state index in [1.165, 1.54) is 4.90 Å². The molecule has 0 saturated carbocycles. The molecule has 1 heterocycles. The number of carboxylic acid groups (broad SMARTS) is 1. The molecule has 1 N–H and O–H groups in total. The Hall–Kier alpha value is -1.26. The zero-order chi connectivity index (χ0) is 11.4. The van der Waals surface area contributed by atoms with Crippen LogP contribution in [0.1, 0.15) is 19.8 Å². The van der Waals surface area contributed by atoms with Gasteiger partial charge in [-0.3, -0.25) is 4.79 Å². The fourth-order valence-electron chi connectivity index (χ4n) is 1.71. The lowest BCUT2D eigenvalue weighted by Crippen LogP contribution is -2.40. The van der Waals surface area contributed by atoms with E-state index in [1.807, 2.05) is 0 Å². The van der Waals surface area contributed by atoms with Gasteiger partial charge in [0.15, 0.2) is 0 Å². The van der Waals surface area contributed by atoms with Crippen LogP contribution in [0.25, 0.3) is 0 Å².